The largest absolute Gasteiger partial charge is 0.492 e. The number of amides is 1. The zero-order valence-electron chi connectivity index (χ0n) is 23.3. The lowest BCUT2D eigenvalue weighted by Crippen LogP contribution is -2.41. The van der Waals surface area contributed by atoms with E-state index in [1.807, 2.05) is 65.6 Å². The van der Waals surface area contributed by atoms with E-state index >= 15 is 0 Å². The zero-order chi connectivity index (χ0) is 29.3. The fourth-order valence-corrected chi connectivity index (χ4v) is 5.00. The van der Waals surface area contributed by atoms with Gasteiger partial charge in [-0.2, -0.15) is 0 Å². The van der Waals surface area contributed by atoms with Crippen molar-refractivity contribution in [1.29, 1.82) is 0 Å². The van der Waals surface area contributed by atoms with Gasteiger partial charge >= 0.3 is 5.97 Å². The molecule has 214 valence electrons. The molecule has 4 aromatic carbocycles. The van der Waals surface area contributed by atoms with E-state index in [2.05, 4.69) is 5.32 Å². The van der Waals surface area contributed by atoms with Crippen molar-refractivity contribution in [3.63, 3.8) is 0 Å². The normalized spacial score (nSPS) is 13.4. The Hall–Kier alpha value is -4.91. The predicted octanol–water partition coefficient (Wildman–Crippen LogP) is 6.24. The highest BCUT2D eigenvalue weighted by atomic mass is 16.5. The van der Waals surface area contributed by atoms with Gasteiger partial charge in [-0.3, -0.25) is 9.59 Å². The number of hydrogen-bond acceptors (Lipinski definition) is 5. The highest BCUT2D eigenvalue weighted by Gasteiger charge is 2.30. The Kier molecular flexibility index (Phi) is 9.29. The second-order valence-electron chi connectivity index (χ2n) is 10.4. The molecule has 1 fully saturated rings. The molecule has 1 aliphatic carbocycles. The van der Waals surface area contributed by atoms with Crippen LogP contribution in [0.25, 0.3) is 0 Å². The fourth-order valence-electron chi connectivity index (χ4n) is 5.00. The summed E-state index contributed by atoms with van der Waals surface area (Å²) < 4.78 is 5.96. The monoisotopic (exact) mass is 562 g/mol. The quantitative estimate of drug-likeness (QED) is 0.187. The maximum absolute atomic E-state index is 13.1. The molecular weight excluding hydrogens is 528 g/mol. The van der Waals surface area contributed by atoms with Crippen LogP contribution in [-0.2, 0) is 16.0 Å². The Bertz CT molecular complexity index is 1500. The van der Waals surface area contributed by atoms with E-state index < -0.39 is 12.0 Å². The number of hydrogen-bond donors (Lipinski definition) is 2. The Morgan fingerprint density at radius 1 is 0.833 bits per heavy atom. The average Bonchev–Trinajstić information content (AvgIpc) is 2.99. The van der Waals surface area contributed by atoms with E-state index in [1.165, 1.54) is 0 Å². The van der Waals surface area contributed by atoms with Gasteiger partial charge in [-0.25, -0.2) is 4.79 Å². The molecule has 0 radical (unpaired) electrons. The van der Waals surface area contributed by atoms with Crippen LogP contribution in [0.1, 0.15) is 40.7 Å². The lowest BCUT2D eigenvalue weighted by Gasteiger charge is -2.31. The van der Waals surface area contributed by atoms with E-state index in [1.54, 1.807) is 48.5 Å². The van der Waals surface area contributed by atoms with Crippen LogP contribution in [-0.4, -0.2) is 42.0 Å². The van der Waals surface area contributed by atoms with Crippen molar-refractivity contribution >= 4 is 29.0 Å². The van der Waals surface area contributed by atoms with Gasteiger partial charge in [-0.05, 0) is 54.8 Å². The molecule has 5 rings (SSSR count). The van der Waals surface area contributed by atoms with Gasteiger partial charge in [0.25, 0.3) is 0 Å². The maximum Gasteiger partial charge on any atom is 0.326 e. The van der Waals surface area contributed by atoms with Crippen molar-refractivity contribution in [3.8, 4) is 5.75 Å². The summed E-state index contributed by atoms with van der Waals surface area (Å²) >= 11 is 0. The van der Waals surface area contributed by atoms with E-state index in [0.717, 1.165) is 30.5 Å². The molecule has 0 saturated heterocycles. The summed E-state index contributed by atoms with van der Waals surface area (Å²) in [5, 5.41) is 13.0. The molecule has 42 heavy (non-hydrogen) atoms. The minimum atomic E-state index is -1.02. The van der Waals surface area contributed by atoms with Crippen LogP contribution in [0.3, 0.4) is 0 Å². The first-order chi connectivity index (χ1) is 20.5. The molecule has 1 aliphatic rings. The SMILES string of the molecule is O=C(c1ccccc1)c1ccccc1N[C@H](Cc1ccc(OCCN(C(=O)C2CCC2)c2ccccc2)cc1)C(=O)O. The molecule has 0 heterocycles. The number of rotatable bonds is 13. The third kappa shape index (κ3) is 7.04. The highest BCUT2D eigenvalue weighted by Crippen LogP contribution is 2.30. The summed E-state index contributed by atoms with van der Waals surface area (Å²) in [5.41, 5.74) is 3.10. The molecule has 4 aromatic rings. The third-order valence-corrected chi connectivity index (χ3v) is 7.57. The topological polar surface area (TPSA) is 95.9 Å². The number of carboxylic acids is 1. The molecule has 7 heteroatoms. The van der Waals surface area contributed by atoms with E-state index in [0.29, 0.717) is 35.7 Å². The Morgan fingerprint density at radius 2 is 1.48 bits per heavy atom. The number of nitrogens with one attached hydrogen (secondary N) is 1. The molecule has 7 nitrogen and oxygen atoms in total. The summed E-state index contributed by atoms with van der Waals surface area (Å²) in [6.45, 7) is 0.769. The van der Waals surface area contributed by atoms with Gasteiger partial charge in [0.1, 0.15) is 18.4 Å². The molecule has 2 N–H and O–H groups in total. The summed E-state index contributed by atoms with van der Waals surface area (Å²) in [7, 11) is 0. The number of carbonyl (C=O) groups excluding carboxylic acids is 2. The van der Waals surface area contributed by atoms with Gasteiger partial charge in [0.05, 0.1) is 6.54 Å². The first kappa shape index (κ1) is 28.6. The van der Waals surface area contributed by atoms with E-state index in [4.69, 9.17) is 4.74 Å². The lowest BCUT2D eigenvalue weighted by molar-refractivity contribution is -0.137. The maximum atomic E-state index is 13.1. The molecule has 0 aromatic heterocycles. The van der Waals surface area contributed by atoms with Crippen molar-refractivity contribution in [1.82, 2.24) is 0 Å². The minimum Gasteiger partial charge on any atom is -0.492 e. The van der Waals surface area contributed by atoms with Gasteiger partial charge in [0, 0.05) is 34.8 Å². The van der Waals surface area contributed by atoms with Gasteiger partial charge in [0.15, 0.2) is 5.78 Å². The number of ketones is 1. The standard InChI is InChI=1S/C35H34N2O5/c38-33(26-10-3-1-4-11-26)30-16-7-8-17-31(30)36-32(35(40)41)24-25-18-20-29(21-19-25)42-23-22-37(28-14-5-2-6-15-28)34(39)27-12-9-13-27/h1-8,10-11,14-21,27,32,36H,9,12-13,22-24H2,(H,40,41)/t32-/m1/s1. The van der Waals surface area contributed by atoms with Crippen LogP contribution >= 0.6 is 0 Å². The Morgan fingerprint density at radius 3 is 2.12 bits per heavy atom. The first-order valence-corrected chi connectivity index (χ1v) is 14.3. The Labute approximate surface area is 245 Å². The molecule has 1 atom stereocenters. The molecular formula is C35H34N2O5. The average molecular weight is 563 g/mol. The molecule has 1 saturated carbocycles. The number of aliphatic carboxylic acids is 1. The molecule has 0 spiro atoms. The van der Waals surface area contributed by atoms with Crippen molar-refractivity contribution in [2.75, 3.05) is 23.4 Å². The lowest BCUT2D eigenvalue weighted by atomic mass is 9.84. The minimum absolute atomic E-state index is 0.0868. The van der Waals surface area contributed by atoms with Gasteiger partial charge in [-0.15, -0.1) is 0 Å². The molecule has 0 unspecified atom stereocenters. The number of benzene rings is 4. The van der Waals surface area contributed by atoms with Crippen molar-refractivity contribution in [2.45, 2.75) is 31.7 Å². The number of para-hydroxylation sites is 2. The summed E-state index contributed by atoms with van der Waals surface area (Å²) in [4.78, 5) is 40.1. The fraction of sp³-hybridized carbons (Fsp3) is 0.229. The number of anilines is 2. The summed E-state index contributed by atoms with van der Waals surface area (Å²) in [6, 6.07) is 31.9. The van der Waals surface area contributed by atoms with Gasteiger partial charge < -0.3 is 20.1 Å². The van der Waals surface area contributed by atoms with E-state index in [-0.39, 0.29) is 24.0 Å². The molecule has 1 amide bonds. The molecule has 0 aliphatic heterocycles. The summed E-state index contributed by atoms with van der Waals surface area (Å²) in [5.74, 6) is -0.324. The highest BCUT2D eigenvalue weighted by molar-refractivity contribution is 6.12. The van der Waals surface area contributed by atoms with Crippen LogP contribution in [0, 0.1) is 5.92 Å². The van der Waals surface area contributed by atoms with Crippen LogP contribution in [0.15, 0.2) is 109 Å². The smallest absolute Gasteiger partial charge is 0.326 e. The Balaban J connectivity index is 1.20. The van der Waals surface area contributed by atoms with Crippen LogP contribution < -0.4 is 15.0 Å². The number of ether oxygens (including phenoxy) is 1. The number of nitrogens with zero attached hydrogens (tertiary/aromatic N) is 1. The van der Waals surface area contributed by atoms with Crippen LogP contribution in [0.5, 0.6) is 5.75 Å². The zero-order valence-corrected chi connectivity index (χ0v) is 23.3. The number of carbonyl (C=O) groups is 3. The second kappa shape index (κ2) is 13.6. The molecule has 0 bridgehead atoms. The van der Waals surface area contributed by atoms with Gasteiger partial charge in [-0.1, -0.05) is 79.2 Å². The van der Waals surface area contributed by atoms with E-state index in [9.17, 15) is 19.5 Å². The van der Waals surface area contributed by atoms with Crippen LogP contribution in [0.4, 0.5) is 11.4 Å². The first-order valence-electron chi connectivity index (χ1n) is 14.3. The summed E-state index contributed by atoms with van der Waals surface area (Å²) in [6.07, 6.45) is 3.18. The number of carboxylic acid groups (broad SMARTS) is 1. The van der Waals surface area contributed by atoms with Gasteiger partial charge in [0.2, 0.25) is 5.91 Å². The van der Waals surface area contributed by atoms with Crippen molar-refractivity contribution in [3.05, 3.63) is 126 Å². The predicted molar refractivity (Wildman–Crippen MR) is 163 cm³/mol. The van der Waals surface area contributed by atoms with Crippen LogP contribution in [0.2, 0.25) is 0 Å². The second-order valence-corrected chi connectivity index (χ2v) is 10.4. The third-order valence-electron chi connectivity index (χ3n) is 7.57. The van der Waals surface area contributed by atoms with Crippen molar-refractivity contribution in [2.24, 2.45) is 5.92 Å². The van der Waals surface area contributed by atoms with Crippen molar-refractivity contribution < 1.29 is 24.2 Å².